The van der Waals surface area contributed by atoms with Crippen LogP contribution >= 0.6 is 0 Å². The Hall–Kier alpha value is -1.64. The number of sulfonamides is 1. The van der Waals surface area contributed by atoms with E-state index in [4.69, 9.17) is 9.47 Å². The number of ether oxygens (including phenoxy) is 2. The second-order valence-corrected chi connectivity index (χ2v) is 6.83. The smallest absolute Gasteiger partial charge is 0.251 e. The Morgan fingerprint density at radius 2 is 2.00 bits per heavy atom. The minimum atomic E-state index is -3.74. The SMILES string of the molecule is CCCNS(=O)(=O)c1cc(C(=O)N[C@@H](C)COC)ccc1OC. The fraction of sp³-hybridized carbons (Fsp3) is 0.533. The normalized spacial score (nSPS) is 12.7. The standard InChI is InChI=1S/C15H24N2O5S/c1-5-8-16-23(19,20)14-9-12(6-7-13(14)22-4)15(18)17-11(2)10-21-3/h6-7,9,11,16H,5,8,10H2,1-4H3,(H,17,18)/t11-/m0/s1. The average molecular weight is 344 g/mol. The van der Waals surface area contributed by atoms with Gasteiger partial charge < -0.3 is 14.8 Å². The van der Waals surface area contributed by atoms with Gasteiger partial charge in [-0.15, -0.1) is 0 Å². The Labute approximate surface area is 137 Å². The molecule has 0 aliphatic carbocycles. The van der Waals surface area contributed by atoms with Gasteiger partial charge in [-0.1, -0.05) is 6.92 Å². The molecule has 0 aliphatic rings. The van der Waals surface area contributed by atoms with E-state index in [-0.39, 0.29) is 28.2 Å². The lowest BCUT2D eigenvalue weighted by Crippen LogP contribution is -2.35. The van der Waals surface area contributed by atoms with Gasteiger partial charge in [-0.05, 0) is 31.5 Å². The lowest BCUT2D eigenvalue weighted by molar-refractivity contribution is 0.0905. The van der Waals surface area contributed by atoms with Gasteiger partial charge in [0.15, 0.2) is 0 Å². The molecule has 1 amide bonds. The van der Waals surface area contributed by atoms with Crippen molar-refractivity contribution in [2.75, 3.05) is 27.4 Å². The molecular formula is C15H24N2O5S. The zero-order valence-corrected chi connectivity index (χ0v) is 14.7. The first-order chi connectivity index (χ1) is 10.9. The van der Waals surface area contributed by atoms with E-state index in [2.05, 4.69) is 10.0 Å². The van der Waals surface area contributed by atoms with E-state index >= 15 is 0 Å². The van der Waals surface area contributed by atoms with Crippen LogP contribution < -0.4 is 14.8 Å². The molecule has 8 heteroatoms. The monoisotopic (exact) mass is 344 g/mol. The summed E-state index contributed by atoms with van der Waals surface area (Å²) in [5.41, 5.74) is 0.241. The summed E-state index contributed by atoms with van der Waals surface area (Å²) in [5.74, 6) is -0.181. The van der Waals surface area contributed by atoms with Crippen LogP contribution in [0.4, 0.5) is 0 Å². The van der Waals surface area contributed by atoms with Crippen LogP contribution in [0.15, 0.2) is 23.1 Å². The van der Waals surface area contributed by atoms with E-state index in [9.17, 15) is 13.2 Å². The Morgan fingerprint density at radius 1 is 1.30 bits per heavy atom. The maximum absolute atomic E-state index is 12.3. The number of benzene rings is 1. The first kappa shape index (κ1) is 19.4. The summed E-state index contributed by atoms with van der Waals surface area (Å²) < 4.78 is 37.2. The van der Waals surface area contributed by atoms with Crippen LogP contribution in [0, 0.1) is 0 Å². The summed E-state index contributed by atoms with van der Waals surface area (Å²) in [6, 6.07) is 4.11. The molecule has 1 aromatic carbocycles. The van der Waals surface area contributed by atoms with E-state index in [1.807, 2.05) is 6.92 Å². The molecular weight excluding hydrogens is 320 g/mol. The highest BCUT2D eigenvalue weighted by Gasteiger charge is 2.21. The van der Waals surface area contributed by atoms with Crippen LogP contribution in [0.1, 0.15) is 30.6 Å². The summed E-state index contributed by atoms with van der Waals surface area (Å²) in [5, 5.41) is 2.74. The van der Waals surface area contributed by atoms with Gasteiger partial charge in [-0.25, -0.2) is 13.1 Å². The Kier molecular flexibility index (Phi) is 7.47. The highest BCUT2D eigenvalue weighted by Crippen LogP contribution is 2.24. The third-order valence-corrected chi connectivity index (χ3v) is 4.53. The number of methoxy groups -OCH3 is 2. The topological polar surface area (TPSA) is 93.7 Å². The van der Waals surface area contributed by atoms with E-state index < -0.39 is 10.0 Å². The zero-order chi connectivity index (χ0) is 17.5. The van der Waals surface area contributed by atoms with Crippen LogP contribution in [0.2, 0.25) is 0 Å². The lowest BCUT2D eigenvalue weighted by atomic mass is 10.2. The molecule has 0 saturated carbocycles. The Balaban J connectivity index is 3.10. The average Bonchev–Trinajstić information content (AvgIpc) is 2.52. The number of amides is 1. The van der Waals surface area contributed by atoms with Gasteiger partial charge in [0.2, 0.25) is 10.0 Å². The molecule has 1 atom stereocenters. The number of hydrogen-bond acceptors (Lipinski definition) is 5. The van der Waals surface area contributed by atoms with Gasteiger partial charge in [-0.2, -0.15) is 0 Å². The van der Waals surface area contributed by atoms with Crippen molar-refractivity contribution in [3.05, 3.63) is 23.8 Å². The van der Waals surface area contributed by atoms with E-state index in [0.717, 1.165) is 0 Å². The number of nitrogens with one attached hydrogen (secondary N) is 2. The van der Waals surface area contributed by atoms with Crippen molar-refractivity contribution in [3.63, 3.8) is 0 Å². The highest BCUT2D eigenvalue weighted by molar-refractivity contribution is 7.89. The molecule has 0 aromatic heterocycles. The maximum atomic E-state index is 12.3. The maximum Gasteiger partial charge on any atom is 0.251 e. The molecule has 7 nitrogen and oxygen atoms in total. The molecule has 0 unspecified atom stereocenters. The van der Waals surface area contributed by atoms with Crippen molar-refractivity contribution in [1.29, 1.82) is 0 Å². The van der Waals surface area contributed by atoms with Crippen LogP contribution in [0.5, 0.6) is 5.75 Å². The minimum absolute atomic E-state index is 0.0551. The highest BCUT2D eigenvalue weighted by atomic mass is 32.2. The molecule has 2 N–H and O–H groups in total. The van der Waals surface area contributed by atoms with Crippen molar-refractivity contribution < 1.29 is 22.7 Å². The predicted octanol–water partition coefficient (Wildman–Crippen LogP) is 1.15. The van der Waals surface area contributed by atoms with Gasteiger partial charge >= 0.3 is 0 Å². The second kappa shape index (κ2) is 8.85. The molecule has 0 bridgehead atoms. The molecule has 0 aliphatic heterocycles. The van der Waals surface area contributed by atoms with Crippen molar-refractivity contribution in [3.8, 4) is 5.75 Å². The number of carbonyl (C=O) groups excluding carboxylic acids is 1. The molecule has 1 aromatic rings. The summed E-state index contributed by atoms with van der Waals surface area (Å²) in [6.45, 7) is 4.34. The van der Waals surface area contributed by atoms with Crippen molar-refractivity contribution in [2.45, 2.75) is 31.2 Å². The van der Waals surface area contributed by atoms with E-state index in [1.165, 1.54) is 25.3 Å². The molecule has 0 radical (unpaired) electrons. The van der Waals surface area contributed by atoms with Crippen molar-refractivity contribution >= 4 is 15.9 Å². The van der Waals surface area contributed by atoms with Crippen molar-refractivity contribution in [1.82, 2.24) is 10.0 Å². The largest absolute Gasteiger partial charge is 0.495 e. The van der Waals surface area contributed by atoms with Gasteiger partial charge in [0.25, 0.3) is 5.91 Å². The summed E-state index contributed by atoms with van der Waals surface area (Å²) in [7, 11) is -0.814. The molecule has 0 fully saturated rings. The minimum Gasteiger partial charge on any atom is -0.495 e. The number of rotatable bonds is 9. The summed E-state index contributed by atoms with van der Waals surface area (Å²) in [4.78, 5) is 12.1. The quantitative estimate of drug-likeness (QED) is 0.701. The molecule has 130 valence electrons. The second-order valence-electron chi connectivity index (χ2n) is 5.09. The molecule has 1 rings (SSSR count). The number of hydrogen-bond donors (Lipinski definition) is 2. The van der Waals surface area contributed by atoms with Gasteiger partial charge in [-0.3, -0.25) is 4.79 Å². The molecule has 0 heterocycles. The Morgan fingerprint density at radius 3 is 2.57 bits per heavy atom. The fourth-order valence-electron chi connectivity index (χ4n) is 1.94. The van der Waals surface area contributed by atoms with E-state index in [0.29, 0.717) is 19.6 Å². The summed E-state index contributed by atoms with van der Waals surface area (Å²) in [6.07, 6.45) is 0.663. The van der Waals surface area contributed by atoms with Gasteiger partial charge in [0, 0.05) is 25.3 Å². The summed E-state index contributed by atoms with van der Waals surface area (Å²) >= 11 is 0. The third kappa shape index (κ3) is 5.49. The van der Waals surface area contributed by atoms with E-state index in [1.54, 1.807) is 14.0 Å². The predicted molar refractivity (Wildman–Crippen MR) is 87.3 cm³/mol. The first-order valence-corrected chi connectivity index (χ1v) is 8.81. The molecule has 0 spiro atoms. The number of carbonyl (C=O) groups is 1. The van der Waals surface area contributed by atoms with Crippen LogP contribution in [-0.4, -0.2) is 47.7 Å². The lowest BCUT2D eigenvalue weighted by Gasteiger charge is -2.15. The van der Waals surface area contributed by atoms with Crippen LogP contribution in [0.3, 0.4) is 0 Å². The molecule has 0 saturated heterocycles. The fourth-order valence-corrected chi connectivity index (χ4v) is 3.27. The van der Waals surface area contributed by atoms with Gasteiger partial charge in [0.1, 0.15) is 10.6 Å². The molecule has 23 heavy (non-hydrogen) atoms. The third-order valence-electron chi connectivity index (χ3n) is 3.05. The van der Waals surface area contributed by atoms with Crippen LogP contribution in [0.25, 0.3) is 0 Å². The first-order valence-electron chi connectivity index (χ1n) is 7.33. The Bertz CT molecular complexity index is 631. The van der Waals surface area contributed by atoms with Crippen molar-refractivity contribution in [2.24, 2.45) is 0 Å². The van der Waals surface area contributed by atoms with Gasteiger partial charge in [0.05, 0.1) is 13.7 Å². The van der Waals surface area contributed by atoms with Crippen LogP contribution in [-0.2, 0) is 14.8 Å². The zero-order valence-electron chi connectivity index (χ0n) is 13.9.